The predicted octanol–water partition coefficient (Wildman–Crippen LogP) is 2.76. The van der Waals surface area contributed by atoms with Crippen LogP contribution in [0.1, 0.15) is 52.3 Å². The molecule has 2 fully saturated rings. The second kappa shape index (κ2) is 5.35. The molecule has 0 aromatic carbocycles. The third kappa shape index (κ3) is 2.82. The van der Waals surface area contributed by atoms with E-state index in [1.807, 2.05) is 0 Å². The number of ether oxygens (including phenoxy) is 1. The van der Waals surface area contributed by atoms with E-state index in [1.54, 1.807) is 0 Å². The number of nitrogens with zero attached hydrogens (tertiary/aromatic N) is 3. The number of piperidine rings is 1. The molecule has 1 aromatic rings. The first-order valence-electron chi connectivity index (χ1n) is 7.75. The zero-order valence-electron chi connectivity index (χ0n) is 12.8. The van der Waals surface area contributed by atoms with Crippen LogP contribution in [0, 0.1) is 5.92 Å². The molecule has 1 aromatic heterocycles. The van der Waals surface area contributed by atoms with Gasteiger partial charge >= 0.3 is 0 Å². The molecule has 3 rings (SSSR count). The Bertz CT molecular complexity index is 438. The van der Waals surface area contributed by atoms with Gasteiger partial charge < -0.3 is 14.2 Å². The quantitative estimate of drug-likeness (QED) is 0.833. The number of hydrogen-bond acceptors (Lipinski definition) is 5. The zero-order chi connectivity index (χ0) is 14.2. The van der Waals surface area contributed by atoms with Gasteiger partial charge in [-0.05, 0) is 36.8 Å². The van der Waals surface area contributed by atoms with Crippen molar-refractivity contribution in [3.8, 4) is 0 Å². The normalized spacial score (nSPS) is 25.4. The van der Waals surface area contributed by atoms with Crippen LogP contribution in [-0.2, 0) is 10.2 Å². The average Bonchev–Trinajstić information content (AvgIpc) is 3.10. The SMILES string of the molecule is CC(C)(C)c1nc(N2CCC(C3CCCO3)CC2)no1. The molecular weight excluding hydrogens is 254 g/mol. The minimum absolute atomic E-state index is 0.0821. The number of rotatable bonds is 2. The van der Waals surface area contributed by atoms with E-state index in [9.17, 15) is 0 Å². The Hall–Kier alpha value is -1.10. The van der Waals surface area contributed by atoms with Crippen LogP contribution in [0.5, 0.6) is 0 Å². The van der Waals surface area contributed by atoms with Gasteiger partial charge in [0.1, 0.15) is 0 Å². The molecule has 2 saturated heterocycles. The minimum atomic E-state index is -0.0821. The van der Waals surface area contributed by atoms with Gasteiger partial charge in [-0.15, -0.1) is 0 Å². The van der Waals surface area contributed by atoms with E-state index in [2.05, 4.69) is 35.8 Å². The smallest absolute Gasteiger partial charge is 0.266 e. The molecule has 20 heavy (non-hydrogen) atoms. The summed E-state index contributed by atoms with van der Waals surface area (Å²) >= 11 is 0. The average molecular weight is 279 g/mol. The first-order chi connectivity index (χ1) is 9.54. The van der Waals surface area contributed by atoms with Crippen LogP contribution in [0.4, 0.5) is 5.95 Å². The highest BCUT2D eigenvalue weighted by molar-refractivity contribution is 5.29. The lowest BCUT2D eigenvalue weighted by Crippen LogP contribution is -2.38. The Morgan fingerprint density at radius 1 is 1.15 bits per heavy atom. The maximum Gasteiger partial charge on any atom is 0.266 e. The second-order valence-corrected chi connectivity index (χ2v) is 7.03. The highest BCUT2D eigenvalue weighted by Crippen LogP contribution is 2.30. The second-order valence-electron chi connectivity index (χ2n) is 7.03. The van der Waals surface area contributed by atoms with Gasteiger partial charge in [0.25, 0.3) is 5.95 Å². The summed E-state index contributed by atoms with van der Waals surface area (Å²) in [6.07, 6.45) is 5.30. The van der Waals surface area contributed by atoms with Crippen molar-refractivity contribution in [3.63, 3.8) is 0 Å². The molecule has 5 heteroatoms. The van der Waals surface area contributed by atoms with Crippen LogP contribution in [0.15, 0.2) is 4.52 Å². The molecule has 2 aliphatic rings. The first-order valence-corrected chi connectivity index (χ1v) is 7.75. The van der Waals surface area contributed by atoms with Gasteiger partial charge in [-0.25, -0.2) is 0 Å². The highest BCUT2D eigenvalue weighted by atomic mass is 16.5. The van der Waals surface area contributed by atoms with Crippen molar-refractivity contribution in [3.05, 3.63) is 5.89 Å². The Kier molecular flexibility index (Phi) is 3.71. The molecule has 5 nitrogen and oxygen atoms in total. The van der Waals surface area contributed by atoms with Crippen molar-refractivity contribution in [1.82, 2.24) is 10.1 Å². The highest BCUT2D eigenvalue weighted by Gasteiger charge is 2.31. The molecule has 112 valence electrons. The van der Waals surface area contributed by atoms with Crippen LogP contribution in [0.2, 0.25) is 0 Å². The van der Waals surface area contributed by atoms with E-state index in [0.29, 0.717) is 17.9 Å². The molecule has 0 N–H and O–H groups in total. The maximum atomic E-state index is 5.81. The van der Waals surface area contributed by atoms with Crippen molar-refractivity contribution >= 4 is 5.95 Å². The zero-order valence-corrected chi connectivity index (χ0v) is 12.8. The maximum absolute atomic E-state index is 5.81. The summed E-state index contributed by atoms with van der Waals surface area (Å²) in [6.45, 7) is 9.24. The summed E-state index contributed by atoms with van der Waals surface area (Å²) in [5.74, 6) is 2.18. The Morgan fingerprint density at radius 2 is 1.90 bits per heavy atom. The topological polar surface area (TPSA) is 51.4 Å². The summed E-state index contributed by atoms with van der Waals surface area (Å²) < 4.78 is 11.2. The fourth-order valence-electron chi connectivity index (χ4n) is 3.09. The van der Waals surface area contributed by atoms with Gasteiger partial charge in [-0.2, -0.15) is 4.98 Å². The summed E-state index contributed by atoms with van der Waals surface area (Å²) in [7, 11) is 0. The van der Waals surface area contributed by atoms with E-state index in [0.717, 1.165) is 25.6 Å². The monoisotopic (exact) mass is 279 g/mol. The molecule has 0 aliphatic carbocycles. The molecular formula is C15H25N3O2. The van der Waals surface area contributed by atoms with Gasteiger partial charge in [0.2, 0.25) is 5.89 Å². The van der Waals surface area contributed by atoms with Crippen molar-refractivity contribution in [2.45, 2.75) is 58.0 Å². The number of aromatic nitrogens is 2. The van der Waals surface area contributed by atoms with Gasteiger partial charge in [-0.3, -0.25) is 0 Å². The van der Waals surface area contributed by atoms with E-state index >= 15 is 0 Å². The fraction of sp³-hybridized carbons (Fsp3) is 0.867. The van der Waals surface area contributed by atoms with Gasteiger partial charge in [0.05, 0.1) is 6.10 Å². The molecule has 0 bridgehead atoms. The predicted molar refractivity (Wildman–Crippen MR) is 76.9 cm³/mol. The molecule has 0 radical (unpaired) electrons. The third-order valence-corrected chi connectivity index (χ3v) is 4.37. The van der Waals surface area contributed by atoms with Crippen LogP contribution in [0.3, 0.4) is 0 Å². The van der Waals surface area contributed by atoms with Crippen LogP contribution >= 0.6 is 0 Å². The lowest BCUT2D eigenvalue weighted by atomic mass is 9.90. The molecule has 2 aliphatic heterocycles. The molecule has 0 saturated carbocycles. The summed E-state index contributed by atoms with van der Waals surface area (Å²) in [5.41, 5.74) is -0.0821. The number of anilines is 1. The first kappa shape index (κ1) is 13.9. The minimum Gasteiger partial charge on any atom is -0.378 e. The standard InChI is InChI=1S/C15H25N3O2/c1-15(2,3)13-16-14(17-20-13)18-8-6-11(7-9-18)12-5-4-10-19-12/h11-12H,4-10H2,1-3H3. The van der Waals surface area contributed by atoms with Gasteiger partial charge in [0.15, 0.2) is 0 Å². The summed E-state index contributed by atoms with van der Waals surface area (Å²) in [6, 6.07) is 0. The molecule has 1 atom stereocenters. The lowest BCUT2D eigenvalue weighted by molar-refractivity contribution is 0.0530. The Balaban J connectivity index is 1.59. The Labute approximate surface area is 120 Å². The van der Waals surface area contributed by atoms with E-state index in [-0.39, 0.29) is 5.41 Å². The largest absolute Gasteiger partial charge is 0.378 e. The summed E-state index contributed by atoms with van der Waals surface area (Å²) in [5, 5.41) is 4.14. The van der Waals surface area contributed by atoms with E-state index in [4.69, 9.17) is 9.26 Å². The third-order valence-electron chi connectivity index (χ3n) is 4.37. The van der Waals surface area contributed by atoms with Crippen molar-refractivity contribution in [2.24, 2.45) is 5.92 Å². The lowest BCUT2D eigenvalue weighted by Gasteiger charge is -2.33. The molecule has 0 amide bonds. The van der Waals surface area contributed by atoms with Crippen molar-refractivity contribution < 1.29 is 9.26 Å². The fourth-order valence-corrected chi connectivity index (χ4v) is 3.09. The Morgan fingerprint density at radius 3 is 2.45 bits per heavy atom. The van der Waals surface area contributed by atoms with E-state index < -0.39 is 0 Å². The number of hydrogen-bond donors (Lipinski definition) is 0. The van der Waals surface area contributed by atoms with Crippen molar-refractivity contribution in [2.75, 3.05) is 24.6 Å². The van der Waals surface area contributed by atoms with Gasteiger partial charge in [0, 0.05) is 25.1 Å². The molecule has 0 spiro atoms. The molecule has 1 unspecified atom stereocenters. The van der Waals surface area contributed by atoms with Crippen LogP contribution in [-0.4, -0.2) is 35.9 Å². The van der Waals surface area contributed by atoms with Crippen molar-refractivity contribution in [1.29, 1.82) is 0 Å². The van der Waals surface area contributed by atoms with Gasteiger partial charge in [-0.1, -0.05) is 20.8 Å². The van der Waals surface area contributed by atoms with E-state index in [1.165, 1.54) is 25.7 Å². The van der Waals surface area contributed by atoms with Crippen LogP contribution in [0.25, 0.3) is 0 Å². The van der Waals surface area contributed by atoms with Crippen LogP contribution < -0.4 is 4.90 Å². The molecule has 3 heterocycles. The summed E-state index contributed by atoms with van der Waals surface area (Å²) in [4.78, 5) is 6.78.